The van der Waals surface area contributed by atoms with Crippen molar-refractivity contribution in [3.63, 3.8) is 0 Å². The van der Waals surface area contributed by atoms with Crippen molar-refractivity contribution in [3.05, 3.63) is 23.8 Å². The number of rotatable bonds is 18. The van der Waals surface area contributed by atoms with Gasteiger partial charge in [0.15, 0.2) is 0 Å². The van der Waals surface area contributed by atoms with Crippen LogP contribution in [0.1, 0.15) is 66.4 Å². The number of esters is 4. The van der Waals surface area contributed by atoms with Crippen LogP contribution in [0.25, 0.3) is 0 Å². The highest BCUT2D eigenvalue weighted by Crippen LogP contribution is 2.31. The monoisotopic (exact) mass is 682 g/mol. The second-order valence-corrected chi connectivity index (χ2v) is 12.8. The quantitative estimate of drug-likeness (QED) is 0.112. The van der Waals surface area contributed by atoms with Crippen molar-refractivity contribution in [2.45, 2.75) is 67.7 Å². The van der Waals surface area contributed by atoms with Crippen LogP contribution >= 0.6 is 0 Å². The van der Waals surface area contributed by atoms with Crippen molar-refractivity contribution < 1.29 is 62.3 Å². The Hall–Kier alpha value is -4.40. The van der Waals surface area contributed by atoms with Crippen LogP contribution in [0.2, 0.25) is 0 Å². The molecule has 2 unspecified atom stereocenters. The van der Waals surface area contributed by atoms with Crippen molar-refractivity contribution in [1.82, 2.24) is 0 Å². The molecule has 0 radical (unpaired) electrons. The van der Waals surface area contributed by atoms with E-state index in [0.717, 1.165) is 0 Å². The van der Waals surface area contributed by atoms with Crippen LogP contribution in [0.4, 0.5) is 21.0 Å². The highest BCUT2D eigenvalue weighted by molar-refractivity contribution is 5.89. The Morgan fingerprint density at radius 3 is 1.90 bits per heavy atom. The Labute approximate surface area is 281 Å². The molecule has 0 heterocycles. The Morgan fingerprint density at radius 1 is 0.750 bits per heavy atom. The van der Waals surface area contributed by atoms with E-state index in [9.17, 15) is 28.8 Å². The Kier molecular flexibility index (Phi) is 17.4. The summed E-state index contributed by atoms with van der Waals surface area (Å²) in [6.45, 7) is 10.5. The molecule has 1 rings (SSSR count). The second kappa shape index (κ2) is 20.1. The largest absolute Gasteiger partial charge is 0.469 e. The maximum Gasteiger partial charge on any atom is 0.411 e. The molecule has 3 N–H and O–H groups in total. The minimum Gasteiger partial charge on any atom is -0.469 e. The molecule has 0 aromatic heterocycles. The van der Waals surface area contributed by atoms with E-state index in [1.165, 1.54) is 13.2 Å². The molecule has 2 atom stereocenters. The average Bonchev–Trinajstić information content (AvgIpc) is 3.02. The molecular weight excluding hydrogens is 632 g/mol. The zero-order valence-corrected chi connectivity index (χ0v) is 29.1. The summed E-state index contributed by atoms with van der Waals surface area (Å²) in [7, 11) is 1.25. The minimum atomic E-state index is -1.02. The van der Waals surface area contributed by atoms with Crippen LogP contribution in [0.5, 0.6) is 0 Å². The predicted octanol–water partition coefficient (Wildman–Crippen LogP) is 4.38. The van der Waals surface area contributed by atoms with E-state index in [2.05, 4.69) is 10.6 Å². The minimum absolute atomic E-state index is 0.0836. The standard InChI is InChI=1S/C33H50N2O13/c1-21-10-12-24(19-25(21)35-31(42)48-18-16-46-28(39)32(3,4)5)34-30(41)47-17-15-45-27(38)23(20-33(6,7)29(40)43-8)11-9-22(2)26(37)44-14-13-36/h10,12,19,22-23,36H,9,11,13-18,20H2,1-8H3,(H,34,41)(H,35,42). The number of aryl methyl sites for hydroxylation is 1. The molecule has 1 aromatic rings. The van der Waals surface area contributed by atoms with Crippen molar-refractivity contribution in [2.24, 2.45) is 22.7 Å². The molecule has 2 amide bonds. The molecule has 48 heavy (non-hydrogen) atoms. The maximum atomic E-state index is 13.0. The van der Waals surface area contributed by atoms with Gasteiger partial charge in [-0.05, 0) is 78.5 Å². The number of amides is 2. The first kappa shape index (κ1) is 41.6. The van der Waals surface area contributed by atoms with Gasteiger partial charge in [-0.2, -0.15) is 0 Å². The first-order valence-electron chi connectivity index (χ1n) is 15.6. The Morgan fingerprint density at radius 2 is 1.31 bits per heavy atom. The lowest BCUT2D eigenvalue weighted by Crippen LogP contribution is -2.32. The van der Waals surface area contributed by atoms with Crippen LogP contribution in [-0.4, -0.2) is 87.9 Å². The molecule has 1 aromatic carbocycles. The molecule has 0 aliphatic heterocycles. The van der Waals surface area contributed by atoms with Gasteiger partial charge in [0, 0.05) is 11.4 Å². The van der Waals surface area contributed by atoms with Gasteiger partial charge in [0.1, 0.15) is 33.0 Å². The van der Waals surface area contributed by atoms with Crippen molar-refractivity contribution in [3.8, 4) is 0 Å². The van der Waals surface area contributed by atoms with Crippen molar-refractivity contribution in [1.29, 1.82) is 0 Å². The van der Waals surface area contributed by atoms with Gasteiger partial charge in [0.05, 0.1) is 36.4 Å². The van der Waals surface area contributed by atoms with Crippen LogP contribution in [0.3, 0.4) is 0 Å². The molecule has 0 aliphatic rings. The second-order valence-electron chi connectivity index (χ2n) is 12.8. The van der Waals surface area contributed by atoms with Crippen LogP contribution < -0.4 is 10.6 Å². The Bertz CT molecular complexity index is 1260. The fraction of sp³-hybridized carbons (Fsp3) is 0.636. The number of anilines is 2. The fourth-order valence-electron chi connectivity index (χ4n) is 4.15. The van der Waals surface area contributed by atoms with Gasteiger partial charge in [-0.25, -0.2) is 9.59 Å². The zero-order valence-electron chi connectivity index (χ0n) is 29.1. The molecule has 15 nitrogen and oxygen atoms in total. The summed E-state index contributed by atoms with van der Waals surface area (Å²) in [5.41, 5.74) is -0.358. The van der Waals surface area contributed by atoms with Crippen LogP contribution in [0.15, 0.2) is 18.2 Å². The predicted molar refractivity (Wildman–Crippen MR) is 173 cm³/mol. The van der Waals surface area contributed by atoms with E-state index in [4.69, 9.17) is 33.5 Å². The third-order valence-corrected chi connectivity index (χ3v) is 6.96. The summed E-state index contributed by atoms with van der Waals surface area (Å²) >= 11 is 0. The zero-order chi connectivity index (χ0) is 36.5. The van der Waals surface area contributed by atoms with E-state index >= 15 is 0 Å². The molecule has 270 valence electrons. The maximum absolute atomic E-state index is 13.0. The van der Waals surface area contributed by atoms with Gasteiger partial charge >= 0.3 is 36.1 Å². The van der Waals surface area contributed by atoms with Gasteiger partial charge in [0.2, 0.25) is 0 Å². The van der Waals surface area contributed by atoms with E-state index < -0.39 is 58.7 Å². The summed E-state index contributed by atoms with van der Waals surface area (Å²) in [5.74, 6) is -3.43. The summed E-state index contributed by atoms with van der Waals surface area (Å²) in [6, 6.07) is 4.74. The molecule has 15 heteroatoms. The molecular formula is C33H50N2O13. The van der Waals surface area contributed by atoms with Crippen LogP contribution in [0, 0.1) is 29.6 Å². The van der Waals surface area contributed by atoms with Gasteiger partial charge < -0.3 is 33.5 Å². The fourth-order valence-corrected chi connectivity index (χ4v) is 4.15. The number of aliphatic hydroxyl groups is 1. The molecule has 0 saturated heterocycles. The smallest absolute Gasteiger partial charge is 0.411 e. The number of nitrogens with one attached hydrogen (secondary N) is 2. The molecule has 0 bridgehead atoms. The van der Waals surface area contributed by atoms with E-state index in [1.54, 1.807) is 60.6 Å². The number of hydrogen-bond donors (Lipinski definition) is 3. The lowest BCUT2D eigenvalue weighted by atomic mass is 9.80. The number of carbonyl (C=O) groups is 6. The van der Waals surface area contributed by atoms with Crippen molar-refractivity contribution in [2.75, 3.05) is 57.4 Å². The van der Waals surface area contributed by atoms with E-state index in [1.807, 2.05) is 0 Å². The Balaban J connectivity index is 2.65. The average molecular weight is 683 g/mol. The van der Waals surface area contributed by atoms with Gasteiger partial charge in [0.25, 0.3) is 0 Å². The van der Waals surface area contributed by atoms with Gasteiger partial charge in [-0.3, -0.25) is 29.8 Å². The lowest BCUT2D eigenvalue weighted by Gasteiger charge is -2.26. The number of methoxy groups -OCH3 is 1. The SMILES string of the molecule is COC(=O)C(C)(C)CC(CCC(C)C(=O)OCCO)C(=O)OCCOC(=O)Nc1ccc(C)c(NC(=O)OCCOC(=O)C(C)(C)C)c1. The molecule has 0 fully saturated rings. The number of ether oxygens (including phenoxy) is 6. The normalized spacial score (nSPS) is 12.5. The number of benzene rings is 1. The van der Waals surface area contributed by atoms with E-state index in [-0.39, 0.29) is 58.9 Å². The summed E-state index contributed by atoms with van der Waals surface area (Å²) in [5, 5.41) is 13.9. The third kappa shape index (κ3) is 15.5. The van der Waals surface area contributed by atoms with Gasteiger partial charge in [-0.1, -0.05) is 13.0 Å². The lowest BCUT2D eigenvalue weighted by molar-refractivity contribution is -0.157. The first-order chi connectivity index (χ1) is 22.4. The van der Waals surface area contributed by atoms with Crippen molar-refractivity contribution >= 4 is 47.4 Å². The van der Waals surface area contributed by atoms with E-state index in [0.29, 0.717) is 16.9 Å². The number of aliphatic hydroxyl groups excluding tert-OH is 1. The van der Waals surface area contributed by atoms with Gasteiger partial charge in [-0.15, -0.1) is 0 Å². The number of carbonyl (C=O) groups excluding carboxylic acids is 6. The number of hydrogen-bond acceptors (Lipinski definition) is 13. The summed E-state index contributed by atoms with van der Waals surface area (Å²) in [4.78, 5) is 73.7. The highest BCUT2D eigenvalue weighted by Gasteiger charge is 2.36. The summed E-state index contributed by atoms with van der Waals surface area (Å²) < 4.78 is 30.4. The first-order valence-corrected chi connectivity index (χ1v) is 15.6. The molecule has 0 saturated carbocycles. The third-order valence-electron chi connectivity index (χ3n) is 6.96. The highest BCUT2D eigenvalue weighted by atomic mass is 16.6. The topological polar surface area (TPSA) is 202 Å². The summed E-state index contributed by atoms with van der Waals surface area (Å²) in [6.07, 6.45) is -1.07. The molecule has 0 aliphatic carbocycles. The van der Waals surface area contributed by atoms with Crippen LogP contribution in [-0.2, 0) is 47.6 Å². The molecule has 0 spiro atoms.